The Morgan fingerprint density at radius 2 is 1.65 bits per heavy atom. The normalized spacial score (nSPS) is 12.0. The molecule has 1 unspecified atom stereocenters. The number of aromatic nitrogens is 1. The number of fused-ring (bicyclic) bond motifs is 1. The molecule has 6 heteroatoms. The lowest BCUT2D eigenvalue weighted by molar-refractivity contribution is -0.127. The van der Waals surface area contributed by atoms with Crippen LogP contribution in [0.1, 0.15) is 12.5 Å². The summed E-state index contributed by atoms with van der Waals surface area (Å²) in [5.41, 5.74) is 5.41. The van der Waals surface area contributed by atoms with Gasteiger partial charge in [0.15, 0.2) is 6.10 Å². The number of pyridine rings is 1. The fourth-order valence-corrected chi connectivity index (χ4v) is 3.13. The second kappa shape index (κ2) is 9.09. The molecule has 0 bridgehead atoms. The van der Waals surface area contributed by atoms with Crippen LogP contribution in [0.25, 0.3) is 22.0 Å². The third-order valence-electron chi connectivity index (χ3n) is 4.80. The molecule has 2 N–H and O–H groups in total. The van der Waals surface area contributed by atoms with Crippen molar-refractivity contribution in [2.45, 2.75) is 13.0 Å². The van der Waals surface area contributed by atoms with Gasteiger partial charge in [0.25, 0.3) is 11.5 Å². The van der Waals surface area contributed by atoms with Crippen molar-refractivity contribution < 1.29 is 9.53 Å². The van der Waals surface area contributed by atoms with Gasteiger partial charge in [-0.15, -0.1) is 0 Å². The molecule has 0 aliphatic carbocycles. The van der Waals surface area contributed by atoms with Crippen LogP contribution in [0, 0.1) is 0 Å². The Morgan fingerprint density at radius 1 is 0.968 bits per heavy atom. The molecule has 1 aromatic heterocycles. The SMILES string of the molecule is CC(Oc1ccc(-c2ccccc2)cc1)C(=O)N/N=C/c1cc2ccccc2[nH]c1=O. The number of amides is 1. The molecule has 154 valence electrons. The number of benzene rings is 3. The minimum absolute atomic E-state index is 0.278. The number of carbonyl (C=O) groups excluding carboxylic acids is 1. The van der Waals surface area contributed by atoms with Crippen LogP contribution in [0.15, 0.2) is 94.8 Å². The van der Waals surface area contributed by atoms with Crippen molar-refractivity contribution in [2.75, 3.05) is 0 Å². The third kappa shape index (κ3) is 4.87. The Morgan fingerprint density at radius 3 is 2.42 bits per heavy atom. The van der Waals surface area contributed by atoms with Crippen molar-refractivity contribution >= 4 is 23.0 Å². The summed E-state index contributed by atoms with van der Waals surface area (Å²) in [6.07, 6.45) is 0.569. The number of nitrogens with zero attached hydrogens (tertiary/aromatic N) is 1. The molecule has 1 amide bonds. The molecule has 0 spiro atoms. The number of hydrogen-bond acceptors (Lipinski definition) is 4. The maximum atomic E-state index is 12.3. The largest absolute Gasteiger partial charge is 0.481 e. The fraction of sp³-hybridized carbons (Fsp3) is 0.0800. The molecular formula is C25H21N3O3. The minimum Gasteiger partial charge on any atom is -0.481 e. The molecule has 31 heavy (non-hydrogen) atoms. The van der Waals surface area contributed by atoms with Crippen molar-refractivity contribution in [1.29, 1.82) is 0 Å². The first-order chi connectivity index (χ1) is 15.1. The van der Waals surface area contributed by atoms with Gasteiger partial charge in [-0.3, -0.25) is 9.59 Å². The number of para-hydroxylation sites is 1. The molecule has 0 saturated carbocycles. The van der Waals surface area contributed by atoms with Gasteiger partial charge >= 0.3 is 0 Å². The highest BCUT2D eigenvalue weighted by molar-refractivity contribution is 5.88. The maximum absolute atomic E-state index is 12.3. The summed E-state index contributed by atoms with van der Waals surface area (Å²) >= 11 is 0. The Kier molecular flexibility index (Phi) is 5.89. The van der Waals surface area contributed by atoms with E-state index in [9.17, 15) is 9.59 Å². The van der Waals surface area contributed by atoms with Crippen molar-refractivity contribution in [1.82, 2.24) is 10.4 Å². The van der Waals surface area contributed by atoms with Gasteiger partial charge in [0.05, 0.1) is 11.8 Å². The van der Waals surface area contributed by atoms with Gasteiger partial charge in [-0.05, 0) is 47.7 Å². The number of carbonyl (C=O) groups is 1. The van der Waals surface area contributed by atoms with Crippen LogP contribution in [0.3, 0.4) is 0 Å². The van der Waals surface area contributed by atoms with E-state index in [2.05, 4.69) is 15.5 Å². The summed E-state index contributed by atoms with van der Waals surface area (Å²) in [4.78, 5) is 27.2. The third-order valence-corrected chi connectivity index (χ3v) is 4.80. The number of rotatable bonds is 6. The summed E-state index contributed by atoms with van der Waals surface area (Å²) < 4.78 is 5.70. The molecule has 0 aliphatic heterocycles. The second-order valence-electron chi connectivity index (χ2n) is 7.03. The maximum Gasteiger partial charge on any atom is 0.280 e. The van der Waals surface area contributed by atoms with Gasteiger partial charge < -0.3 is 9.72 Å². The van der Waals surface area contributed by atoms with Gasteiger partial charge in [0.2, 0.25) is 0 Å². The Balaban J connectivity index is 1.36. The van der Waals surface area contributed by atoms with Gasteiger partial charge in [0, 0.05) is 5.52 Å². The number of hydrazone groups is 1. The molecule has 4 rings (SSSR count). The quantitative estimate of drug-likeness (QED) is 0.370. The predicted octanol–water partition coefficient (Wildman–Crippen LogP) is 4.11. The second-order valence-corrected chi connectivity index (χ2v) is 7.03. The molecule has 1 atom stereocenters. The summed E-state index contributed by atoms with van der Waals surface area (Å²) in [5, 5.41) is 4.78. The minimum atomic E-state index is -0.755. The first-order valence-corrected chi connectivity index (χ1v) is 9.87. The lowest BCUT2D eigenvalue weighted by Crippen LogP contribution is -2.33. The zero-order valence-corrected chi connectivity index (χ0v) is 16.9. The topological polar surface area (TPSA) is 83.5 Å². The van der Waals surface area contributed by atoms with E-state index < -0.39 is 12.0 Å². The van der Waals surface area contributed by atoms with Gasteiger partial charge in [-0.1, -0.05) is 60.7 Å². The molecule has 0 aliphatic rings. The molecule has 0 radical (unpaired) electrons. The van der Waals surface area contributed by atoms with Gasteiger partial charge in [-0.2, -0.15) is 5.10 Å². The highest BCUT2D eigenvalue weighted by Gasteiger charge is 2.14. The van der Waals surface area contributed by atoms with E-state index in [4.69, 9.17) is 4.74 Å². The average molecular weight is 411 g/mol. The highest BCUT2D eigenvalue weighted by Crippen LogP contribution is 2.22. The fourth-order valence-electron chi connectivity index (χ4n) is 3.13. The summed E-state index contributed by atoms with van der Waals surface area (Å²) in [6.45, 7) is 1.64. The van der Waals surface area contributed by atoms with E-state index in [0.29, 0.717) is 11.3 Å². The zero-order chi connectivity index (χ0) is 21.6. The van der Waals surface area contributed by atoms with Crippen LogP contribution in [-0.2, 0) is 4.79 Å². The molecule has 3 aromatic carbocycles. The van der Waals surface area contributed by atoms with E-state index in [1.165, 1.54) is 6.21 Å². The summed E-state index contributed by atoms with van der Waals surface area (Å²) in [7, 11) is 0. The molecule has 0 fully saturated rings. The number of nitrogens with one attached hydrogen (secondary N) is 2. The van der Waals surface area contributed by atoms with E-state index >= 15 is 0 Å². The van der Waals surface area contributed by atoms with Gasteiger partial charge in [0.1, 0.15) is 5.75 Å². The summed E-state index contributed by atoms with van der Waals surface area (Å²) in [5.74, 6) is 0.165. The smallest absolute Gasteiger partial charge is 0.280 e. The van der Waals surface area contributed by atoms with E-state index in [1.54, 1.807) is 13.0 Å². The lowest BCUT2D eigenvalue weighted by Gasteiger charge is -2.13. The van der Waals surface area contributed by atoms with Crippen LogP contribution >= 0.6 is 0 Å². The highest BCUT2D eigenvalue weighted by atomic mass is 16.5. The van der Waals surface area contributed by atoms with Crippen LogP contribution in [0.5, 0.6) is 5.75 Å². The number of aromatic amines is 1. The lowest BCUT2D eigenvalue weighted by atomic mass is 10.1. The number of H-pyrrole nitrogens is 1. The Bertz CT molecular complexity index is 1280. The number of hydrogen-bond donors (Lipinski definition) is 2. The monoisotopic (exact) mass is 411 g/mol. The molecule has 1 heterocycles. The van der Waals surface area contributed by atoms with Crippen LogP contribution in [0.2, 0.25) is 0 Å². The molecular weight excluding hydrogens is 390 g/mol. The van der Waals surface area contributed by atoms with Gasteiger partial charge in [-0.25, -0.2) is 5.43 Å². The standard InChI is InChI=1S/C25H21N3O3/c1-17(31-22-13-11-19(12-14-22)18-7-3-2-4-8-18)24(29)28-26-16-21-15-20-9-5-6-10-23(20)27-25(21)30/h2-17H,1H3,(H,27,30)(H,28,29)/b26-16+. The summed E-state index contributed by atoms with van der Waals surface area (Å²) in [6, 6.07) is 26.7. The van der Waals surface area contributed by atoms with Crippen molar-refractivity contribution in [2.24, 2.45) is 5.10 Å². The van der Waals surface area contributed by atoms with E-state index in [0.717, 1.165) is 22.0 Å². The zero-order valence-electron chi connectivity index (χ0n) is 16.9. The predicted molar refractivity (Wildman–Crippen MR) is 122 cm³/mol. The van der Waals surface area contributed by atoms with Crippen molar-refractivity contribution in [3.63, 3.8) is 0 Å². The van der Waals surface area contributed by atoms with Crippen molar-refractivity contribution in [3.05, 3.63) is 101 Å². The van der Waals surface area contributed by atoms with Crippen LogP contribution in [0.4, 0.5) is 0 Å². The van der Waals surface area contributed by atoms with Crippen LogP contribution < -0.4 is 15.7 Å². The molecule has 4 aromatic rings. The average Bonchev–Trinajstić information content (AvgIpc) is 2.80. The molecule has 6 nitrogen and oxygen atoms in total. The first kappa shape index (κ1) is 20.1. The Hall–Kier alpha value is -4.19. The number of ether oxygens (including phenoxy) is 1. The van der Waals surface area contributed by atoms with Crippen molar-refractivity contribution in [3.8, 4) is 16.9 Å². The molecule has 0 saturated heterocycles. The van der Waals surface area contributed by atoms with E-state index in [-0.39, 0.29) is 5.56 Å². The Labute approximate surface area is 179 Å². The first-order valence-electron chi connectivity index (χ1n) is 9.87. The van der Waals surface area contributed by atoms with Crippen LogP contribution in [-0.4, -0.2) is 23.2 Å². The van der Waals surface area contributed by atoms with E-state index in [1.807, 2.05) is 78.9 Å².